The molecule has 0 saturated carbocycles. The van der Waals surface area contributed by atoms with E-state index in [1.165, 1.54) is 36.5 Å². The highest BCUT2D eigenvalue weighted by molar-refractivity contribution is 7.94. The van der Waals surface area contributed by atoms with E-state index in [1.54, 1.807) is 6.07 Å². The molecular weight excluding hydrogens is 468 g/mol. The Morgan fingerprint density at radius 2 is 1.94 bits per heavy atom. The quantitative estimate of drug-likeness (QED) is 0.325. The van der Waals surface area contributed by atoms with Gasteiger partial charge in [-0.3, -0.25) is 34.3 Å². The van der Waals surface area contributed by atoms with Crippen molar-refractivity contribution >= 4 is 56.2 Å². The van der Waals surface area contributed by atoms with Crippen molar-refractivity contribution in [3.05, 3.63) is 79.9 Å². The number of nitrogens with zero attached hydrogens (tertiary/aromatic N) is 3. The number of carbonyl (C=O) groups excluding carboxylic acids is 2. The molecule has 0 spiro atoms. The van der Waals surface area contributed by atoms with Gasteiger partial charge < -0.3 is 0 Å². The number of imide groups is 1. The number of nitrogens with one attached hydrogen (secondary N) is 1. The molecule has 1 aromatic carbocycles. The van der Waals surface area contributed by atoms with E-state index in [0.29, 0.717) is 4.88 Å². The molecule has 1 aliphatic rings. The molecule has 0 saturated heterocycles. The second-order valence-electron chi connectivity index (χ2n) is 6.35. The van der Waals surface area contributed by atoms with Gasteiger partial charge in [-0.25, -0.2) is 8.42 Å². The number of nitro benzene ring substituents is 1. The Morgan fingerprint density at radius 1 is 1.16 bits per heavy atom. The van der Waals surface area contributed by atoms with Crippen LogP contribution in [-0.2, 0) is 16.6 Å². The highest BCUT2D eigenvalue weighted by Gasteiger charge is 2.37. The number of amides is 2. The van der Waals surface area contributed by atoms with E-state index in [9.17, 15) is 28.1 Å². The normalized spacial score (nSPS) is 13.4. The van der Waals surface area contributed by atoms with Gasteiger partial charge in [0.1, 0.15) is 14.9 Å². The van der Waals surface area contributed by atoms with Crippen LogP contribution in [0.5, 0.6) is 0 Å². The first-order valence-electron chi connectivity index (χ1n) is 8.54. The number of hydrogen-bond donors (Lipinski definition) is 1. The summed E-state index contributed by atoms with van der Waals surface area (Å²) in [5, 5.41) is 10.9. The van der Waals surface area contributed by atoms with Crippen molar-refractivity contribution in [2.45, 2.75) is 10.8 Å². The van der Waals surface area contributed by atoms with Gasteiger partial charge in [0, 0.05) is 17.1 Å². The van der Waals surface area contributed by atoms with E-state index in [-0.39, 0.29) is 32.7 Å². The van der Waals surface area contributed by atoms with Crippen LogP contribution in [0.4, 0.5) is 11.4 Å². The molecule has 2 amide bonds. The van der Waals surface area contributed by atoms with Crippen molar-refractivity contribution < 1.29 is 22.9 Å². The lowest BCUT2D eigenvalue weighted by Gasteiger charge is -2.11. The second-order valence-corrected chi connectivity index (χ2v) is 9.83. The maximum atomic E-state index is 12.7. The van der Waals surface area contributed by atoms with Crippen LogP contribution in [0, 0.1) is 10.1 Å². The van der Waals surface area contributed by atoms with Crippen molar-refractivity contribution in [3.63, 3.8) is 0 Å². The molecule has 1 aliphatic heterocycles. The summed E-state index contributed by atoms with van der Waals surface area (Å²) >= 11 is 6.61. The number of aromatic nitrogens is 1. The predicted molar refractivity (Wildman–Crippen MR) is 112 cm³/mol. The minimum atomic E-state index is -4.06. The average molecular weight is 479 g/mol. The number of halogens is 1. The van der Waals surface area contributed by atoms with Gasteiger partial charge in [-0.15, -0.1) is 11.3 Å². The smallest absolute Gasteiger partial charge is 0.279 e. The Kier molecular flexibility index (Phi) is 5.21. The number of carbonyl (C=O) groups is 2. The topological polar surface area (TPSA) is 140 Å². The SMILES string of the molecule is O=C1c2cccnc2C(=O)N1Cc1ccc(S(=O)(=O)Nc2ccc(Cl)c([N+](=O)[O-])c2)s1. The number of thiophene rings is 1. The zero-order chi connectivity index (χ0) is 22.3. The first kappa shape index (κ1) is 20.9. The Labute approximate surface area is 184 Å². The summed E-state index contributed by atoms with van der Waals surface area (Å²) < 4.78 is 27.5. The van der Waals surface area contributed by atoms with Gasteiger partial charge in [0.05, 0.1) is 22.7 Å². The standard InChI is InChI=1S/C18H11ClN4O6S2/c19-13-5-3-10(8-14(13)23(26)27)21-31(28,29)15-6-4-11(30-15)9-22-17(24)12-2-1-7-20-16(12)18(22)25/h1-8,21H,9H2. The third-order valence-corrected chi connectivity index (χ3v) is 7.60. The number of anilines is 1. The number of sulfonamides is 1. The van der Waals surface area contributed by atoms with Crippen LogP contribution in [0.2, 0.25) is 5.02 Å². The Hall–Kier alpha value is -3.35. The lowest BCUT2D eigenvalue weighted by molar-refractivity contribution is -0.384. The van der Waals surface area contributed by atoms with Crippen LogP contribution < -0.4 is 4.72 Å². The third-order valence-electron chi connectivity index (χ3n) is 4.34. The van der Waals surface area contributed by atoms with E-state index in [1.807, 2.05) is 0 Å². The summed E-state index contributed by atoms with van der Waals surface area (Å²) in [5.41, 5.74) is -0.212. The summed E-state index contributed by atoms with van der Waals surface area (Å²) in [7, 11) is -4.06. The fourth-order valence-corrected chi connectivity index (χ4v) is 5.50. The lowest BCUT2D eigenvalue weighted by atomic mass is 10.2. The van der Waals surface area contributed by atoms with E-state index in [0.717, 1.165) is 22.3 Å². The van der Waals surface area contributed by atoms with Crippen LogP contribution >= 0.6 is 22.9 Å². The summed E-state index contributed by atoms with van der Waals surface area (Å²) in [4.78, 5) is 40.5. The van der Waals surface area contributed by atoms with Gasteiger partial charge in [0.25, 0.3) is 27.5 Å². The van der Waals surface area contributed by atoms with Crippen LogP contribution in [-0.4, -0.2) is 35.0 Å². The van der Waals surface area contributed by atoms with Crippen LogP contribution in [0.25, 0.3) is 0 Å². The Bertz CT molecular complexity index is 1320. The van der Waals surface area contributed by atoms with E-state index < -0.39 is 32.4 Å². The molecule has 0 radical (unpaired) electrons. The van der Waals surface area contributed by atoms with Crippen molar-refractivity contribution in [2.24, 2.45) is 0 Å². The van der Waals surface area contributed by atoms with Crippen molar-refractivity contribution in [3.8, 4) is 0 Å². The number of nitro groups is 1. The second kappa shape index (κ2) is 7.72. The van der Waals surface area contributed by atoms with Crippen molar-refractivity contribution in [2.75, 3.05) is 4.72 Å². The summed E-state index contributed by atoms with van der Waals surface area (Å²) in [6.45, 7) is -0.110. The van der Waals surface area contributed by atoms with Gasteiger partial charge in [-0.2, -0.15) is 0 Å². The van der Waals surface area contributed by atoms with Crippen LogP contribution in [0.3, 0.4) is 0 Å². The fourth-order valence-electron chi connectivity index (χ4n) is 2.92. The predicted octanol–water partition coefficient (Wildman–Crippen LogP) is 3.30. The van der Waals surface area contributed by atoms with Crippen molar-refractivity contribution in [1.29, 1.82) is 0 Å². The maximum absolute atomic E-state index is 12.7. The number of rotatable bonds is 6. The van der Waals surface area contributed by atoms with E-state index in [2.05, 4.69) is 9.71 Å². The van der Waals surface area contributed by atoms with Gasteiger partial charge >= 0.3 is 0 Å². The van der Waals surface area contributed by atoms with Gasteiger partial charge in [-0.1, -0.05) is 11.6 Å². The molecular formula is C18H11ClN4O6S2. The van der Waals surface area contributed by atoms with Gasteiger partial charge in [-0.05, 0) is 36.4 Å². The number of fused-ring (bicyclic) bond motifs is 1. The molecule has 0 aliphatic carbocycles. The molecule has 158 valence electrons. The maximum Gasteiger partial charge on any atom is 0.289 e. The van der Waals surface area contributed by atoms with Crippen LogP contribution in [0.1, 0.15) is 25.7 Å². The third kappa shape index (κ3) is 3.87. The first-order valence-corrected chi connectivity index (χ1v) is 11.2. The molecule has 0 unspecified atom stereocenters. The minimum absolute atomic E-state index is 0.0301. The summed E-state index contributed by atoms with van der Waals surface area (Å²) in [6.07, 6.45) is 1.41. The lowest BCUT2D eigenvalue weighted by Crippen LogP contribution is -2.28. The van der Waals surface area contributed by atoms with E-state index >= 15 is 0 Å². The Balaban J connectivity index is 1.54. The molecule has 31 heavy (non-hydrogen) atoms. The van der Waals surface area contributed by atoms with Gasteiger partial charge in [0.2, 0.25) is 0 Å². The van der Waals surface area contributed by atoms with Crippen LogP contribution in [0.15, 0.2) is 52.9 Å². The molecule has 2 aromatic heterocycles. The molecule has 4 rings (SSSR count). The van der Waals surface area contributed by atoms with Crippen molar-refractivity contribution in [1.82, 2.24) is 9.88 Å². The molecule has 1 N–H and O–H groups in total. The summed E-state index contributed by atoms with van der Waals surface area (Å²) in [5.74, 6) is -1.05. The zero-order valence-electron chi connectivity index (χ0n) is 15.3. The molecule has 3 aromatic rings. The molecule has 0 fully saturated rings. The number of hydrogen-bond acceptors (Lipinski definition) is 8. The molecule has 0 atom stereocenters. The number of benzene rings is 1. The fraction of sp³-hybridized carbons (Fsp3) is 0.0556. The molecule has 0 bridgehead atoms. The monoisotopic (exact) mass is 478 g/mol. The average Bonchev–Trinajstić information content (AvgIpc) is 3.30. The number of pyridine rings is 1. The highest BCUT2D eigenvalue weighted by Crippen LogP contribution is 2.31. The molecule has 13 heteroatoms. The zero-order valence-corrected chi connectivity index (χ0v) is 17.7. The van der Waals surface area contributed by atoms with E-state index in [4.69, 9.17) is 11.6 Å². The molecule has 10 nitrogen and oxygen atoms in total. The van der Waals surface area contributed by atoms with Gasteiger partial charge in [0.15, 0.2) is 0 Å². The minimum Gasteiger partial charge on any atom is -0.279 e. The largest absolute Gasteiger partial charge is 0.289 e. The molecule has 3 heterocycles. The first-order chi connectivity index (χ1) is 14.7. The Morgan fingerprint density at radius 3 is 2.65 bits per heavy atom. The summed E-state index contributed by atoms with van der Waals surface area (Å²) in [6, 6.07) is 9.39. The highest BCUT2D eigenvalue weighted by atomic mass is 35.5.